The Morgan fingerprint density at radius 3 is 2.43 bits per heavy atom. The number of guanidine groups is 1. The fourth-order valence-corrected chi connectivity index (χ4v) is 7.04. The highest BCUT2D eigenvalue weighted by molar-refractivity contribution is 7.09. The van der Waals surface area contributed by atoms with Crippen molar-refractivity contribution >= 4 is 47.2 Å². The van der Waals surface area contributed by atoms with Crippen LogP contribution in [0.3, 0.4) is 0 Å². The Bertz CT molecular complexity index is 2040. The Balaban J connectivity index is 1.49. The van der Waals surface area contributed by atoms with Crippen LogP contribution in [0.1, 0.15) is 84.5 Å². The number of hydrogen-bond donors (Lipinski definition) is 2. The monoisotopic (exact) mass is 782 g/mol. The average Bonchev–Trinajstić information content (AvgIpc) is 3.43. The molecule has 3 amide bonds. The molecule has 17 heteroatoms. The zero-order valence-electron chi connectivity index (χ0n) is 30.6. The summed E-state index contributed by atoms with van der Waals surface area (Å²) >= 11 is 7.76. The number of amides is 3. The number of nitrogens with one attached hydrogen (secondary N) is 2. The lowest BCUT2D eigenvalue weighted by atomic mass is 9.75. The summed E-state index contributed by atoms with van der Waals surface area (Å²) in [5.41, 5.74) is -0.260. The average molecular weight is 783 g/mol. The molecule has 2 N–H and O–H groups in total. The molecule has 1 aliphatic heterocycles. The van der Waals surface area contributed by atoms with Gasteiger partial charge >= 0.3 is 18.7 Å². The normalized spacial score (nSPS) is 18.9. The number of alkyl carbamates (subject to hydrolysis) is 1. The minimum Gasteiger partial charge on any atom is -0.447 e. The minimum atomic E-state index is -2.80. The Morgan fingerprint density at radius 2 is 1.83 bits per heavy atom. The van der Waals surface area contributed by atoms with Crippen molar-refractivity contribution in [2.24, 2.45) is 10.4 Å². The van der Waals surface area contributed by atoms with Crippen LogP contribution < -0.4 is 10.6 Å². The van der Waals surface area contributed by atoms with Crippen molar-refractivity contribution in [1.82, 2.24) is 34.7 Å². The number of halogens is 3. The van der Waals surface area contributed by atoms with Crippen LogP contribution in [0.4, 0.5) is 18.4 Å². The zero-order valence-corrected chi connectivity index (χ0v) is 32.2. The van der Waals surface area contributed by atoms with Crippen LogP contribution in [0.25, 0.3) is 21.7 Å². The summed E-state index contributed by atoms with van der Waals surface area (Å²) in [5, 5.41) is 10.8. The molecule has 2 aliphatic rings. The first kappa shape index (κ1) is 38.8. The van der Waals surface area contributed by atoms with Gasteiger partial charge in [0.25, 0.3) is 5.91 Å². The van der Waals surface area contributed by atoms with Crippen molar-refractivity contribution in [2.75, 3.05) is 6.61 Å². The highest BCUT2D eigenvalue weighted by atomic mass is 35.5. The van der Waals surface area contributed by atoms with Crippen LogP contribution in [0.15, 0.2) is 66.2 Å². The maximum absolute atomic E-state index is 15.4. The molecule has 0 unspecified atom stereocenters. The molecule has 0 radical (unpaired) electrons. The Hall–Kier alpha value is -4.96. The zero-order chi connectivity index (χ0) is 39.0. The van der Waals surface area contributed by atoms with E-state index in [1.54, 1.807) is 63.2 Å². The number of aromatic nitrogens is 4. The highest BCUT2D eigenvalue weighted by Crippen LogP contribution is 2.44. The second-order valence-electron chi connectivity index (χ2n) is 15.4. The summed E-state index contributed by atoms with van der Waals surface area (Å²) in [4.78, 5) is 51.6. The van der Waals surface area contributed by atoms with Gasteiger partial charge < -0.3 is 20.1 Å². The fraction of sp³-hybridized carbons (Fsp3) is 0.432. The molecule has 2 aromatic carbocycles. The van der Waals surface area contributed by atoms with Crippen molar-refractivity contribution in [3.8, 4) is 21.7 Å². The van der Waals surface area contributed by atoms with Crippen molar-refractivity contribution in [3.05, 3.63) is 77.3 Å². The van der Waals surface area contributed by atoms with Crippen molar-refractivity contribution in [2.45, 2.75) is 90.6 Å². The molecule has 286 valence electrons. The van der Waals surface area contributed by atoms with Crippen LogP contribution in [0.2, 0.25) is 5.02 Å². The van der Waals surface area contributed by atoms with Crippen LogP contribution in [0.5, 0.6) is 0 Å². The van der Waals surface area contributed by atoms with Crippen molar-refractivity contribution < 1.29 is 32.6 Å². The van der Waals surface area contributed by atoms with E-state index in [4.69, 9.17) is 21.1 Å². The van der Waals surface area contributed by atoms with Crippen LogP contribution in [0, 0.1) is 5.41 Å². The van der Waals surface area contributed by atoms with E-state index >= 15 is 4.79 Å². The van der Waals surface area contributed by atoms with E-state index in [1.807, 2.05) is 20.8 Å². The number of ether oxygens (including phenoxy) is 2. The van der Waals surface area contributed by atoms with Crippen LogP contribution in [-0.2, 0) is 19.8 Å². The van der Waals surface area contributed by atoms with Gasteiger partial charge in [-0.1, -0.05) is 62.7 Å². The minimum absolute atomic E-state index is 0.0157. The van der Waals surface area contributed by atoms with E-state index in [-0.39, 0.29) is 25.0 Å². The largest absolute Gasteiger partial charge is 0.447 e. The summed E-state index contributed by atoms with van der Waals surface area (Å²) in [6.45, 7) is 7.89. The van der Waals surface area contributed by atoms with Crippen molar-refractivity contribution in [1.29, 1.82) is 0 Å². The number of carbonyl (C=O) groups excluding carboxylic acids is 3. The summed E-state index contributed by atoms with van der Waals surface area (Å²) in [7, 11) is 0. The smallest absolute Gasteiger partial charge is 0.437 e. The summed E-state index contributed by atoms with van der Waals surface area (Å²) in [6.07, 6.45) is 4.28. The molecule has 3 heterocycles. The SMILES string of the molecule is CC(C)(C)C[C@]1(c2ccc(-c3cnn(C(F)F)c3)cc2)NC(=NC(=O)OC(C)(C)C)N([C@H](COC(=O)NC2CC2)c2ccc(Cl)c(-c3ncns3)c2)C1=O. The molecule has 1 aliphatic carbocycles. The number of nitrogens with zero attached hydrogens (tertiary/aromatic N) is 6. The van der Waals surface area contributed by atoms with Gasteiger partial charge in [-0.3, -0.25) is 9.69 Å². The van der Waals surface area contributed by atoms with E-state index in [0.29, 0.717) is 42.5 Å². The van der Waals surface area contributed by atoms with Crippen LogP contribution in [-0.4, -0.2) is 66.3 Å². The van der Waals surface area contributed by atoms with E-state index < -0.39 is 47.2 Å². The molecule has 0 bridgehead atoms. The molecule has 4 aromatic rings. The molecule has 2 atom stereocenters. The maximum Gasteiger partial charge on any atom is 0.437 e. The van der Waals surface area contributed by atoms with Gasteiger partial charge in [-0.05, 0) is 85.8 Å². The number of aliphatic imine (C=N–C) groups is 1. The molecule has 1 saturated carbocycles. The molecule has 6 rings (SSSR count). The van der Waals surface area contributed by atoms with Gasteiger partial charge in [-0.25, -0.2) is 19.3 Å². The van der Waals surface area contributed by atoms with Gasteiger partial charge in [0.1, 0.15) is 29.1 Å². The number of carbonyl (C=O) groups is 3. The molecular weight excluding hydrogens is 742 g/mol. The number of rotatable bonds is 10. The van der Waals surface area contributed by atoms with Gasteiger partial charge in [0, 0.05) is 23.4 Å². The first-order valence-electron chi connectivity index (χ1n) is 17.3. The standard InChI is InChI=1S/C37H41ClF2N8O5S/c1-35(2,3)19-37(24-10-7-21(8-11-24)23-16-42-47(17-23)31(39)40)30(49)48(32(46-37)45-34(51)53-36(4,5)6)28(18-52-33(50)44-25-12-13-25)22-9-14-27(38)26(15-22)29-41-20-43-54-29/h7-11,14-17,20,25,28,31H,12-13,18-19H2,1-6H3,(H,44,50)(H,45,46,51)/t28-,37-/m1/s1. The molecule has 2 aromatic heterocycles. The first-order chi connectivity index (χ1) is 25.4. The third kappa shape index (κ3) is 8.87. The predicted molar refractivity (Wildman–Crippen MR) is 199 cm³/mol. The lowest BCUT2D eigenvalue weighted by Gasteiger charge is -2.35. The Kier molecular flexibility index (Phi) is 10.8. The molecular formula is C37H41ClF2N8O5S. The lowest BCUT2D eigenvalue weighted by molar-refractivity contribution is -0.134. The highest BCUT2D eigenvalue weighted by Gasteiger charge is 2.55. The predicted octanol–water partition coefficient (Wildman–Crippen LogP) is 8.10. The van der Waals surface area contributed by atoms with Crippen molar-refractivity contribution in [3.63, 3.8) is 0 Å². The third-order valence-corrected chi connectivity index (χ3v) is 9.61. The molecule has 54 heavy (non-hydrogen) atoms. The van der Waals surface area contributed by atoms with E-state index in [0.717, 1.165) is 24.4 Å². The second-order valence-corrected chi connectivity index (χ2v) is 16.6. The summed E-state index contributed by atoms with van der Waals surface area (Å²) < 4.78 is 42.6. The van der Waals surface area contributed by atoms with Gasteiger partial charge in [-0.2, -0.15) is 18.3 Å². The van der Waals surface area contributed by atoms with Gasteiger partial charge in [0.05, 0.1) is 17.3 Å². The quantitative estimate of drug-likeness (QED) is 0.163. The Morgan fingerprint density at radius 1 is 1.11 bits per heavy atom. The lowest BCUT2D eigenvalue weighted by Crippen LogP contribution is -2.47. The van der Waals surface area contributed by atoms with Gasteiger partial charge in [-0.15, -0.1) is 4.99 Å². The van der Waals surface area contributed by atoms with Gasteiger partial charge in [0.2, 0.25) is 5.96 Å². The molecule has 1 saturated heterocycles. The van der Waals surface area contributed by atoms with E-state index in [2.05, 4.69) is 30.1 Å². The molecule has 2 fully saturated rings. The second kappa shape index (κ2) is 15.1. The molecule has 13 nitrogen and oxygen atoms in total. The summed E-state index contributed by atoms with van der Waals surface area (Å²) in [5.74, 6) is -0.606. The fourth-order valence-electron chi connectivity index (χ4n) is 6.22. The maximum atomic E-state index is 15.4. The number of alkyl halides is 2. The first-order valence-corrected chi connectivity index (χ1v) is 18.4. The summed E-state index contributed by atoms with van der Waals surface area (Å²) in [6, 6.07) is 11.0. The number of benzene rings is 2. The Labute approximate surface area is 320 Å². The van der Waals surface area contributed by atoms with Crippen LogP contribution >= 0.6 is 23.1 Å². The third-order valence-electron chi connectivity index (χ3n) is 8.59. The topological polar surface area (TPSA) is 153 Å². The number of hydrogen-bond acceptors (Lipinski definition) is 9. The molecule has 0 spiro atoms. The van der Waals surface area contributed by atoms with Gasteiger partial charge in [0.15, 0.2) is 0 Å². The van der Waals surface area contributed by atoms with E-state index in [1.165, 1.54) is 23.6 Å². The van der Waals surface area contributed by atoms with E-state index in [9.17, 15) is 18.4 Å².